The summed E-state index contributed by atoms with van der Waals surface area (Å²) in [6.07, 6.45) is 3.17. The van der Waals surface area contributed by atoms with Crippen molar-refractivity contribution in [3.8, 4) is 11.1 Å². The second kappa shape index (κ2) is 7.51. The summed E-state index contributed by atoms with van der Waals surface area (Å²) in [6, 6.07) is 5.90. The maximum Gasteiger partial charge on any atom is 0.414 e. The molecule has 8 nitrogen and oxygen atoms in total. The number of fused-ring (bicyclic) bond motifs is 1. The lowest BCUT2D eigenvalue weighted by atomic mass is 10.0. The molecule has 2 aliphatic rings. The topological polar surface area (TPSA) is 76.9 Å². The monoisotopic (exact) mass is 398 g/mol. The molecule has 1 atom stereocenters. The van der Waals surface area contributed by atoms with Crippen LogP contribution in [0.15, 0.2) is 30.6 Å². The number of hydrogen-bond donors (Lipinski definition) is 0. The van der Waals surface area contributed by atoms with Crippen LogP contribution in [0, 0.1) is 0 Å². The molecule has 0 bridgehead atoms. The fourth-order valence-corrected chi connectivity index (χ4v) is 3.79. The first-order chi connectivity index (χ1) is 13.8. The molecular formula is C21H26N4O4. The van der Waals surface area contributed by atoms with Crippen LogP contribution in [-0.4, -0.2) is 53.7 Å². The minimum atomic E-state index is -0.407. The molecule has 1 fully saturated rings. The predicted octanol–water partition coefficient (Wildman–Crippen LogP) is 3.23. The SMILES string of the molecule is CC(=O)N1c2ccc(-c3cnn(C4COC4)c3)cc2N(C(=O)OC(C)C)CC1C. The van der Waals surface area contributed by atoms with Crippen LogP contribution in [0.2, 0.25) is 0 Å². The van der Waals surface area contributed by atoms with Gasteiger partial charge in [-0.25, -0.2) is 4.79 Å². The fourth-order valence-electron chi connectivity index (χ4n) is 3.79. The molecule has 0 aliphatic carbocycles. The average molecular weight is 398 g/mol. The Morgan fingerprint density at radius 1 is 1.21 bits per heavy atom. The first-order valence-corrected chi connectivity index (χ1v) is 9.89. The zero-order valence-electron chi connectivity index (χ0n) is 17.2. The van der Waals surface area contributed by atoms with E-state index in [0.717, 1.165) is 11.1 Å². The van der Waals surface area contributed by atoms with Crippen molar-refractivity contribution >= 4 is 23.4 Å². The number of carbonyl (C=O) groups is 2. The number of benzene rings is 1. The number of amides is 2. The first-order valence-electron chi connectivity index (χ1n) is 9.89. The molecule has 8 heteroatoms. The number of ether oxygens (including phenoxy) is 2. The standard InChI is InChI=1S/C21H26N4O4/c1-13(2)29-21(27)23-9-14(3)25(15(4)26)19-6-5-16(7-20(19)23)17-8-22-24(10-17)18-11-28-12-18/h5-8,10,13-14,18H,9,11-12H2,1-4H3. The number of hydrogen-bond acceptors (Lipinski definition) is 5. The molecule has 1 saturated heterocycles. The van der Waals surface area contributed by atoms with E-state index >= 15 is 0 Å². The van der Waals surface area contributed by atoms with Crippen LogP contribution in [0.1, 0.15) is 33.7 Å². The molecule has 2 aromatic rings. The number of aromatic nitrogens is 2. The van der Waals surface area contributed by atoms with Crippen molar-refractivity contribution in [1.29, 1.82) is 0 Å². The van der Waals surface area contributed by atoms with Crippen LogP contribution in [-0.2, 0) is 14.3 Å². The molecule has 1 unspecified atom stereocenters. The van der Waals surface area contributed by atoms with E-state index in [1.165, 1.54) is 0 Å². The van der Waals surface area contributed by atoms with Crippen molar-refractivity contribution in [3.05, 3.63) is 30.6 Å². The highest BCUT2D eigenvalue weighted by molar-refractivity contribution is 6.03. The summed E-state index contributed by atoms with van der Waals surface area (Å²) in [5, 5.41) is 4.44. The predicted molar refractivity (Wildman–Crippen MR) is 109 cm³/mol. The zero-order valence-corrected chi connectivity index (χ0v) is 17.2. The minimum absolute atomic E-state index is 0.0545. The number of anilines is 2. The van der Waals surface area contributed by atoms with Crippen molar-refractivity contribution < 1.29 is 19.1 Å². The Morgan fingerprint density at radius 2 is 1.97 bits per heavy atom. The number of rotatable bonds is 3. The van der Waals surface area contributed by atoms with E-state index in [9.17, 15) is 9.59 Å². The highest BCUT2D eigenvalue weighted by Gasteiger charge is 2.35. The molecule has 4 rings (SSSR count). The van der Waals surface area contributed by atoms with Gasteiger partial charge >= 0.3 is 6.09 Å². The minimum Gasteiger partial charge on any atom is -0.446 e. The quantitative estimate of drug-likeness (QED) is 0.793. The van der Waals surface area contributed by atoms with Crippen LogP contribution in [0.25, 0.3) is 11.1 Å². The molecule has 2 aliphatic heterocycles. The van der Waals surface area contributed by atoms with Crippen molar-refractivity contribution in [1.82, 2.24) is 9.78 Å². The molecule has 3 heterocycles. The third kappa shape index (κ3) is 3.60. The molecule has 0 spiro atoms. The van der Waals surface area contributed by atoms with E-state index in [1.807, 2.05) is 56.0 Å². The molecule has 1 aromatic carbocycles. The fraction of sp³-hybridized carbons (Fsp3) is 0.476. The summed E-state index contributed by atoms with van der Waals surface area (Å²) in [5.41, 5.74) is 3.25. The summed E-state index contributed by atoms with van der Waals surface area (Å²) in [5.74, 6) is -0.0545. The molecular weight excluding hydrogens is 372 g/mol. The van der Waals surface area contributed by atoms with Gasteiger partial charge in [-0.2, -0.15) is 5.10 Å². The normalized spacial score (nSPS) is 19.1. The van der Waals surface area contributed by atoms with Crippen molar-refractivity contribution in [2.24, 2.45) is 0 Å². The van der Waals surface area contributed by atoms with Gasteiger partial charge in [0, 0.05) is 25.2 Å². The van der Waals surface area contributed by atoms with Gasteiger partial charge in [-0.3, -0.25) is 14.4 Å². The summed E-state index contributed by atoms with van der Waals surface area (Å²) in [4.78, 5) is 28.4. The Bertz CT molecular complexity index is 935. The average Bonchev–Trinajstić information content (AvgIpc) is 3.07. The second-order valence-corrected chi connectivity index (χ2v) is 7.88. The highest BCUT2D eigenvalue weighted by atomic mass is 16.6. The van der Waals surface area contributed by atoms with E-state index in [-0.39, 0.29) is 24.1 Å². The maximum atomic E-state index is 12.8. The van der Waals surface area contributed by atoms with E-state index in [2.05, 4.69) is 5.10 Å². The Balaban J connectivity index is 1.73. The van der Waals surface area contributed by atoms with E-state index in [0.29, 0.717) is 31.1 Å². The van der Waals surface area contributed by atoms with Gasteiger partial charge in [-0.05, 0) is 38.5 Å². The van der Waals surface area contributed by atoms with Gasteiger partial charge in [-0.1, -0.05) is 6.07 Å². The zero-order chi connectivity index (χ0) is 20.7. The lowest BCUT2D eigenvalue weighted by Gasteiger charge is -2.40. The van der Waals surface area contributed by atoms with Gasteiger partial charge in [0.2, 0.25) is 5.91 Å². The Kier molecular flexibility index (Phi) is 5.04. The van der Waals surface area contributed by atoms with Crippen LogP contribution < -0.4 is 9.80 Å². The summed E-state index contributed by atoms with van der Waals surface area (Å²) >= 11 is 0. The number of carbonyl (C=O) groups excluding carboxylic acids is 2. The van der Waals surface area contributed by atoms with Gasteiger partial charge in [0.1, 0.15) is 0 Å². The Morgan fingerprint density at radius 3 is 2.59 bits per heavy atom. The van der Waals surface area contributed by atoms with Crippen molar-refractivity contribution in [2.45, 2.75) is 45.9 Å². The lowest BCUT2D eigenvalue weighted by Crippen LogP contribution is -2.51. The van der Waals surface area contributed by atoms with Crippen molar-refractivity contribution in [2.75, 3.05) is 29.6 Å². The summed E-state index contributed by atoms with van der Waals surface area (Å²) in [6.45, 7) is 8.84. The van der Waals surface area contributed by atoms with E-state index in [4.69, 9.17) is 9.47 Å². The van der Waals surface area contributed by atoms with Gasteiger partial charge in [0.05, 0.1) is 49.0 Å². The lowest BCUT2D eigenvalue weighted by molar-refractivity contribution is -0.117. The molecule has 29 heavy (non-hydrogen) atoms. The van der Waals surface area contributed by atoms with Gasteiger partial charge in [0.15, 0.2) is 0 Å². The van der Waals surface area contributed by atoms with Crippen LogP contribution >= 0.6 is 0 Å². The third-order valence-corrected chi connectivity index (χ3v) is 5.24. The van der Waals surface area contributed by atoms with Crippen molar-refractivity contribution in [3.63, 3.8) is 0 Å². The molecule has 2 amide bonds. The summed E-state index contributed by atoms with van der Waals surface area (Å²) in [7, 11) is 0. The van der Waals surface area contributed by atoms with E-state index in [1.54, 1.807) is 16.7 Å². The highest BCUT2D eigenvalue weighted by Crippen LogP contribution is 2.39. The Labute approximate surface area is 170 Å². The van der Waals surface area contributed by atoms with E-state index < -0.39 is 6.09 Å². The summed E-state index contributed by atoms with van der Waals surface area (Å²) < 4.78 is 12.6. The largest absolute Gasteiger partial charge is 0.446 e. The molecule has 0 saturated carbocycles. The third-order valence-electron chi connectivity index (χ3n) is 5.24. The van der Waals surface area contributed by atoms with Crippen LogP contribution in [0.4, 0.5) is 16.2 Å². The van der Waals surface area contributed by atoms with Crippen LogP contribution in [0.3, 0.4) is 0 Å². The maximum absolute atomic E-state index is 12.8. The molecule has 0 N–H and O–H groups in total. The van der Waals surface area contributed by atoms with Gasteiger partial charge in [-0.15, -0.1) is 0 Å². The molecule has 1 aromatic heterocycles. The van der Waals surface area contributed by atoms with Gasteiger partial charge < -0.3 is 14.4 Å². The number of nitrogens with zero attached hydrogens (tertiary/aromatic N) is 4. The second-order valence-electron chi connectivity index (χ2n) is 7.88. The smallest absolute Gasteiger partial charge is 0.414 e. The molecule has 154 valence electrons. The first kappa shape index (κ1) is 19.4. The Hall–Kier alpha value is -2.87. The van der Waals surface area contributed by atoms with Gasteiger partial charge in [0.25, 0.3) is 0 Å². The molecule has 0 radical (unpaired) electrons. The van der Waals surface area contributed by atoms with Crippen LogP contribution in [0.5, 0.6) is 0 Å².